The lowest BCUT2D eigenvalue weighted by Gasteiger charge is -2.35. The maximum atomic E-state index is 12.7. The molecule has 0 radical (unpaired) electrons. The third-order valence-corrected chi connectivity index (χ3v) is 6.75. The molecule has 142 valence electrons. The third kappa shape index (κ3) is 3.60. The van der Waals surface area contributed by atoms with Gasteiger partial charge in [0.1, 0.15) is 0 Å². The molecule has 0 atom stereocenters. The van der Waals surface area contributed by atoms with Gasteiger partial charge in [-0.3, -0.25) is 9.59 Å². The molecule has 0 spiro atoms. The molecule has 2 heterocycles. The number of benzene rings is 1. The lowest BCUT2D eigenvalue weighted by Crippen LogP contribution is -2.53. The largest absolute Gasteiger partial charge is 0.336 e. The van der Waals surface area contributed by atoms with E-state index in [1.165, 1.54) is 22.7 Å². The summed E-state index contributed by atoms with van der Waals surface area (Å²) in [5.74, 6) is -0.00602. The van der Waals surface area contributed by atoms with E-state index in [4.69, 9.17) is 0 Å². The smallest absolute Gasteiger partial charge is 0.281 e. The Morgan fingerprint density at radius 3 is 2.12 bits per heavy atom. The Morgan fingerprint density at radius 1 is 1.00 bits per heavy atom. The molecule has 26 heavy (non-hydrogen) atoms. The van der Waals surface area contributed by atoms with E-state index in [9.17, 15) is 18.0 Å². The highest BCUT2D eigenvalue weighted by molar-refractivity contribution is 7.86. The van der Waals surface area contributed by atoms with Crippen LogP contribution in [0.15, 0.2) is 24.3 Å². The molecule has 1 aromatic rings. The van der Waals surface area contributed by atoms with Gasteiger partial charge in [0.25, 0.3) is 16.1 Å². The van der Waals surface area contributed by atoms with Gasteiger partial charge in [-0.15, -0.1) is 0 Å². The molecule has 3 rings (SSSR count). The Balaban J connectivity index is 1.63. The predicted octanol–water partition coefficient (Wildman–Crippen LogP) is 0.378. The summed E-state index contributed by atoms with van der Waals surface area (Å²) in [7, 11) is -0.444. The zero-order valence-electron chi connectivity index (χ0n) is 15.1. The monoisotopic (exact) mass is 380 g/mol. The standard InChI is InChI=1S/C17H24N4O4S/c1-18(2)26(24,25)20-12-10-19(11-13-20)17(23)14-5-7-15(8-6-14)21-9-3-4-16(21)22/h5-8H,3-4,9-13H2,1-2H3. The third-order valence-electron chi connectivity index (χ3n) is 4.81. The second-order valence-electron chi connectivity index (χ2n) is 6.68. The molecule has 2 amide bonds. The molecule has 2 aliphatic heterocycles. The molecule has 0 aromatic heterocycles. The summed E-state index contributed by atoms with van der Waals surface area (Å²) < 4.78 is 26.8. The van der Waals surface area contributed by atoms with Crippen molar-refractivity contribution in [3.63, 3.8) is 0 Å². The summed E-state index contributed by atoms with van der Waals surface area (Å²) in [6.45, 7) is 2.00. The fourth-order valence-corrected chi connectivity index (χ4v) is 4.33. The van der Waals surface area contributed by atoms with Gasteiger partial charge < -0.3 is 9.80 Å². The molecule has 2 fully saturated rings. The van der Waals surface area contributed by atoms with E-state index in [1.54, 1.807) is 34.1 Å². The molecule has 0 saturated carbocycles. The molecule has 0 bridgehead atoms. The number of anilines is 1. The number of hydrogen-bond donors (Lipinski definition) is 0. The minimum Gasteiger partial charge on any atom is -0.336 e. The molecule has 9 heteroatoms. The van der Waals surface area contributed by atoms with Gasteiger partial charge >= 0.3 is 0 Å². The quantitative estimate of drug-likeness (QED) is 0.756. The number of piperazine rings is 1. The number of carbonyl (C=O) groups excluding carboxylic acids is 2. The molecule has 2 saturated heterocycles. The molecular weight excluding hydrogens is 356 g/mol. The van der Waals surface area contributed by atoms with Crippen LogP contribution in [0.25, 0.3) is 0 Å². The number of hydrogen-bond acceptors (Lipinski definition) is 4. The second-order valence-corrected chi connectivity index (χ2v) is 8.82. The maximum absolute atomic E-state index is 12.7. The number of amides is 2. The van der Waals surface area contributed by atoms with Gasteiger partial charge in [-0.2, -0.15) is 17.0 Å². The van der Waals surface area contributed by atoms with Crippen LogP contribution in [0.2, 0.25) is 0 Å². The van der Waals surface area contributed by atoms with E-state index >= 15 is 0 Å². The molecule has 2 aliphatic rings. The Bertz CT molecular complexity index is 783. The summed E-state index contributed by atoms with van der Waals surface area (Å²) in [6, 6.07) is 7.05. The van der Waals surface area contributed by atoms with E-state index in [0.29, 0.717) is 31.6 Å². The highest BCUT2D eigenvalue weighted by atomic mass is 32.2. The highest BCUT2D eigenvalue weighted by Gasteiger charge is 2.30. The van der Waals surface area contributed by atoms with Crippen molar-refractivity contribution in [3.05, 3.63) is 29.8 Å². The van der Waals surface area contributed by atoms with Gasteiger partial charge in [0, 0.05) is 64.5 Å². The number of nitrogens with zero attached hydrogens (tertiary/aromatic N) is 4. The molecule has 0 unspecified atom stereocenters. The van der Waals surface area contributed by atoms with E-state index in [2.05, 4.69) is 0 Å². The van der Waals surface area contributed by atoms with Crippen LogP contribution in [0.4, 0.5) is 5.69 Å². The fraction of sp³-hybridized carbons (Fsp3) is 0.529. The summed E-state index contributed by atoms with van der Waals surface area (Å²) >= 11 is 0. The van der Waals surface area contributed by atoms with Gasteiger partial charge in [-0.05, 0) is 30.7 Å². The second kappa shape index (κ2) is 7.34. The van der Waals surface area contributed by atoms with Crippen molar-refractivity contribution < 1.29 is 18.0 Å². The van der Waals surface area contributed by atoms with Crippen molar-refractivity contribution in [3.8, 4) is 0 Å². The van der Waals surface area contributed by atoms with Crippen molar-refractivity contribution in [2.75, 3.05) is 51.7 Å². The first kappa shape index (κ1) is 18.8. The fourth-order valence-electron chi connectivity index (χ4n) is 3.24. The van der Waals surface area contributed by atoms with E-state index in [0.717, 1.165) is 12.1 Å². The van der Waals surface area contributed by atoms with E-state index in [-0.39, 0.29) is 24.9 Å². The summed E-state index contributed by atoms with van der Waals surface area (Å²) in [5, 5.41) is 0. The molecule has 1 aromatic carbocycles. The van der Waals surface area contributed by atoms with Crippen molar-refractivity contribution in [2.24, 2.45) is 0 Å². The van der Waals surface area contributed by atoms with Crippen molar-refractivity contribution in [2.45, 2.75) is 12.8 Å². The molecule has 8 nitrogen and oxygen atoms in total. The molecular formula is C17H24N4O4S. The van der Waals surface area contributed by atoms with Gasteiger partial charge in [-0.25, -0.2) is 0 Å². The molecule has 0 N–H and O–H groups in total. The van der Waals surface area contributed by atoms with E-state index < -0.39 is 10.2 Å². The Morgan fingerprint density at radius 2 is 1.62 bits per heavy atom. The van der Waals surface area contributed by atoms with Crippen LogP contribution in [-0.2, 0) is 15.0 Å². The zero-order chi connectivity index (χ0) is 18.9. The SMILES string of the molecule is CN(C)S(=O)(=O)N1CCN(C(=O)c2ccc(N3CCCC3=O)cc2)CC1. The summed E-state index contributed by atoms with van der Waals surface area (Å²) in [4.78, 5) is 27.8. The van der Waals surface area contributed by atoms with Crippen LogP contribution >= 0.6 is 0 Å². The maximum Gasteiger partial charge on any atom is 0.281 e. The van der Waals surface area contributed by atoms with Crippen LogP contribution in [0.1, 0.15) is 23.2 Å². The lowest BCUT2D eigenvalue weighted by atomic mass is 10.1. The average Bonchev–Trinajstić information content (AvgIpc) is 3.07. The normalized spacial score (nSPS) is 19.4. The summed E-state index contributed by atoms with van der Waals surface area (Å²) in [6.07, 6.45) is 1.43. The Kier molecular flexibility index (Phi) is 5.31. The topological polar surface area (TPSA) is 81.2 Å². The predicted molar refractivity (Wildman–Crippen MR) is 98.1 cm³/mol. The number of rotatable bonds is 4. The highest BCUT2D eigenvalue weighted by Crippen LogP contribution is 2.22. The van der Waals surface area contributed by atoms with Crippen molar-refractivity contribution in [1.82, 2.24) is 13.5 Å². The first-order chi connectivity index (χ1) is 12.3. The van der Waals surface area contributed by atoms with Crippen LogP contribution in [0.5, 0.6) is 0 Å². The van der Waals surface area contributed by atoms with E-state index in [1.807, 2.05) is 0 Å². The van der Waals surface area contributed by atoms with Gasteiger partial charge in [-0.1, -0.05) is 0 Å². The van der Waals surface area contributed by atoms with Gasteiger partial charge in [0.05, 0.1) is 0 Å². The average molecular weight is 380 g/mol. The Labute approximate surface area is 154 Å². The Hall–Kier alpha value is -1.97. The minimum absolute atomic E-state index is 0.113. The van der Waals surface area contributed by atoms with Crippen molar-refractivity contribution in [1.29, 1.82) is 0 Å². The first-order valence-electron chi connectivity index (χ1n) is 8.68. The van der Waals surface area contributed by atoms with Gasteiger partial charge in [0.2, 0.25) is 5.91 Å². The van der Waals surface area contributed by atoms with Crippen LogP contribution in [0, 0.1) is 0 Å². The van der Waals surface area contributed by atoms with Crippen LogP contribution in [-0.4, -0.2) is 80.6 Å². The number of carbonyl (C=O) groups is 2. The lowest BCUT2D eigenvalue weighted by molar-refractivity contribution is -0.117. The minimum atomic E-state index is -3.44. The van der Waals surface area contributed by atoms with Crippen LogP contribution in [0.3, 0.4) is 0 Å². The van der Waals surface area contributed by atoms with Gasteiger partial charge in [0.15, 0.2) is 0 Å². The summed E-state index contributed by atoms with van der Waals surface area (Å²) in [5.41, 5.74) is 1.36. The molecule has 0 aliphatic carbocycles. The van der Waals surface area contributed by atoms with Crippen molar-refractivity contribution >= 4 is 27.7 Å². The zero-order valence-corrected chi connectivity index (χ0v) is 15.9. The first-order valence-corrected chi connectivity index (χ1v) is 10.1. The van der Waals surface area contributed by atoms with Crippen LogP contribution < -0.4 is 4.90 Å².